The monoisotopic (exact) mass is 254 g/mol. The van der Waals surface area contributed by atoms with Gasteiger partial charge in [0.25, 0.3) is 0 Å². The Kier molecular flexibility index (Phi) is 2.98. The van der Waals surface area contributed by atoms with Crippen molar-refractivity contribution in [2.45, 2.75) is 13.1 Å². The predicted octanol–water partition coefficient (Wildman–Crippen LogP) is 3.84. The number of rotatable bonds is 2. The van der Waals surface area contributed by atoms with Gasteiger partial charge in [0.1, 0.15) is 0 Å². The summed E-state index contributed by atoms with van der Waals surface area (Å²) >= 11 is 0. The second kappa shape index (κ2) is 4.33. The van der Waals surface area contributed by atoms with E-state index in [2.05, 4.69) is 0 Å². The van der Waals surface area contributed by atoms with E-state index in [9.17, 15) is 18.0 Å². The van der Waals surface area contributed by atoms with Crippen molar-refractivity contribution < 1.29 is 22.4 Å². The lowest BCUT2D eigenvalue weighted by Gasteiger charge is -2.09. The Morgan fingerprint density at radius 2 is 1.94 bits per heavy atom. The van der Waals surface area contributed by atoms with Gasteiger partial charge >= 0.3 is 6.18 Å². The first-order valence-corrected chi connectivity index (χ1v) is 5.15. The van der Waals surface area contributed by atoms with E-state index in [1.165, 1.54) is 25.3 Å². The fourth-order valence-corrected chi connectivity index (χ4v) is 1.64. The normalized spacial score (nSPS) is 11.6. The summed E-state index contributed by atoms with van der Waals surface area (Å²) < 4.78 is 42.3. The van der Waals surface area contributed by atoms with Gasteiger partial charge in [-0.25, -0.2) is 0 Å². The number of aryl methyl sites for hydroxylation is 1. The largest absolute Gasteiger partial charge is 0.461 e. The lowest BCUT2D eigenvalue weighted by molar-refractivity contribution is -0.137. The number of ketones is 1. The van der Waals surface area contributed by atoms with Gasteiger partial charge in [0.2, 0.25) is 5.78 Å². The Hall–Kier alpha value is -2.04. The molecule has 0 spiro atoms. The standard InChI is InChI=1S/C13H9F3O2/c1-8-7-9(13(14,15)16)4-5-10(8)12(17)11-3-2-6-18-11/h2-7H,1H3. The Morgan fingerprint density at radius 1 is 1.22 bits per heavy atom. The number of alkyl halides is 3. The minimum absolute atomic E-state index is 0.109. The van der Waals surface area contributed by atoms with Crippen LogP contribution in [-0.2, 0) is 6.18 Å². The average molecular weight is 254 g/mol. The third-order valence-corrected chi connectivity index (χ3v) is 2.54. The van der Waals surface area contributed by atoms with Crippen molar-refractivity contribution in [1.29, 1.82) is 0 Å². The summed E-state index contributed by atoms with van der Waals surface area (Å²) in [4.78, 5) is 11.9. The van der Waals surface area contributed by atoms with E-state index in [1.54, 1.807) is 6.07 Å². The minimum atomic E-state index is -4.41. The van der Waals surface area contributed by atoms with Gasteiger partial charge in [0.05, 0.1) is 11.8 Å². The van der Waals surface area contributed by atoms with Crippen molar-refractivity contribution in [3.63, 3.8) is 0 Å². The van der Waals surface area contributed by atoms with E-state index < -0.39 is 17.5 Å². The van der Waals surface area contributed by atoms with Crippen molar-refractivity contribution in [1.82, 2.24) is 0 Å². The number of furan rings is 1. The number of benzene rings is 1. The zero-order valence-electron chi connectivity index (χ0n) is 9.41. The first-order chi connectivity index (χ1) is 8.39. The first-order valence-electron chi connectivity index (χ1n) is 5.15. The second-order valence-electron chi connectivity index (χ2n) is 3.83. The van der Waals surface area contributed by atoms with Gasteiger partial charge in [-0.1, -0.05) is 6.07 Å². The molecule has 0 bridgehead atoms. The molecule has 2 aromatic rings. The van der Waals surface area contributed by atoms with E-state index >= 15 is 0 Å². The van der Waals surface area contributed by atoms with E-state index in [0.717, 1.165) is 12.1 Å². The van der Waals surface area contributed by atoms with E-state index in [0.29, 0.717) is 0 Å². The number of halogens is 3. The Labute approximate surface area is 101 Å². The smallest absolute Gasteiger partial charge is 0.416 e. The van der Waals surface area contributed by atoms with E-state index in [-0.39, 0.29) is 16.9 Å². The van der Waals surface area contributed by atoms with Crippen molar-refractivity contribution in [3.05, 3.63) is 59.0 Å². The quantitative estimate of drug-likeness (QED) is 0.762. The molecule has 0 radical (unpaired) electrons. The second-order valence-corrected chi connectivity index (χ2v) is 3.83. The van der Waals surface area contributed by atoms with Gasteiger partial charge in [-0.2, -0.15) is 13.2 Å². The SMILES string of the molecule is Cc1cc(C(F)(F)F)ccc1C(=O)c1ccco1. The summed E-state index contributed by atoms with van der Waals surface area (Å²) in [5.41, 5.74) is -0.292. The van der Waals surface area contributed by atoms with Gasteiger partial charge in [0, 0.05) is 5.56 Å². The summed E-state index contributed by atoms with van der Waals surface area (Å²) in [6.45, 7) is 1.46. The van der Waals surface area contributed by atoms with Crippen LogP contribution in [0.2, 0.25) is 0 Å². The molecule has 5 heteroatoms. The Balaban J connectivity index is 2.40. The molecular formula is C13H9F3O2. The highest BCUT2D eigenvalue weighted by Crippen LogP contribution is 2.30. The Morgan fingerprint density at radius 3 is 2.44 bits per heavy atom. The van der Waals surface area contributed by atoms with Gasteiger partial charge in [-0.05, 0) is 36.8 Å². The fourth-order valence-electron chi connectivity index (χ4n) is 1.64. The Bertz CT molecular complexity index is 568. The topological polar surface area (TPSA) is 30.2 Å². The van der Waals surface area contributed by atoms with E-state index in [4.69, 9.17) is 4.42 Å². The summed E-state index contributed by atoms with van der Waals surface area (Å²) in [5, 5.41) is 0. The molecule has 0 aliphatic rings. The van der Waals surface area contributed by atoms with Crippen LogP contribution in [0.25, 0.3) is 0 Å². The third-order valence-electron chi connectivity index (χ3n) is 2.54. The minimum Gasteiger partial charge on any atom is -0.461 e. The van der Waals surface area contributed by atoms with Crippen molar-refractivity contribution >= 4 is 5.78 Å². The van der Waals surface area contributed by atoms with Crippen LogP contribution in [0.3, 0.4) is 0 Å². The maximum Gasteiger partial charge on any atom is 0.416 e. The molecule has 1 heterocycles. The third kappa shape index (κ3) is 2.30. The van der Waals surface area contributed by atoms with Gasteiger partial charge in [-0.3, -0.25) is 4.79 Å². The average Bonchev–Trinajstić information content (AvgIpc) is 2.80. The fraction of sp³-hybridized carbons (Fsp3) is 0.154. The van der Waals surface area contributed by atoms with Crippen LogP contribution >= 0.6 is 0 Å². The maximum absolute atomic E-state index is 12.5. The lowest BCUT2D eigenvalue weighted by atomic mass is 10.0. The van der Waals surface area contributed by atoms with Crippen LogP contribution in [0.4, 0.5) is 13.2 Å². The molecule has 0 saturated heterocycles. The molecule has 0 saturated carbocycles. The molecule has 94 valence electrons. The summed E-state index contributed by atoms with van der Waals surface area (Å²) in [7, 11) is 0. The first kappa shape index (κ1) is 12.4. The summed E-state index contributed by atoms with van der Waals surface area (Å²) in [6, 6.07) is 6.04. The predicted molar refractivity (Wildman–Crippen MR) is 58.3 cm³/mol. The molecule has 0 fully saturated rings. The van der Waals surface area contributed by atoms with E-state index in [1.807, 2.05) is 0 Å². The van der Waals surface area contributed by atoms with Gasteiger partial charge in [0.15, 0.2) is 5.76 Å². The number of hydrogen-bond acceptors (Lipinski definition) is 2. The van der Waals surface area contributed by atoms with Gasteiger partial charge in [-0.15, -0.1) is 0 Å². The molecular weight excluding hydrogens is 245 g/mol. The van der Waals surface area contributed by atoms with Crippen LogP contribution in [0.5, 0.6) is 0 Å². The summed E-state index contributed by atoms with van der Waals surface area (Å²) in [6.07, 6.45) is -3.07. The molecule has 18 heavy (non-hydrogen) atoms. The van der Waals surface area contributed by atoms with Crippen LogP contribution in [-0.4, -0.2) is 5.78 Å². The van der Waals surface area contributed by atoms with Crippen LogP contribution in [0, 0.1) is 6.92 Å². The highest BCUT2D eigenvalue weighted by Gasteiger charge is 2.31. The molecule has 1 aromatic carbocycles. The lowest BCUT2D eigenvalue weighted by Crippen LogP contribution is -2.08. The maximum atomic E-state index is 12.5. The number of hydrogen-bond donors (Lipinski definition) is 0. The molecule has 0 amide bonds. The number of carbonyl (C=O) groups excluding carboxylic acids is 1. The zero-order valence-corrected chi connectivity index (χ0v) is 9.41. The molecule has 2 nitrogen and oxygen atoms in total. The van der Waals surface area contributed by atoms with Crippen molar-refractivity contribution in [3.8, 4) is 0 Å². The van der Waals surface area contributed by atoms with Crippen LogP contribution < -0.4 is 0 Å². The molecule has 0 aliphatic carbocycles. The highest BCUT2D eigenvalue weighted by atomic mass is 19.4. The molecule has 0 aliphatic heterocycles. The molecule has 1 aromatic heterocycles. The highest BCUT2D eigenvalue weighted by molar-refractivity contribution is 6.08. The van der Waals surface area contributed by atoms with Crippen molar-refractivity contribution in [2.75, 3.05) is 0 Å². The number of carbonyl (C=O) groups is 1. The summed E-state index contributed by atoms with van der Waals surface area (Å²) in [5.74, 6) is -0.316. The van der Waals surface area contributed by atoms with Crippen molar-refractivity contribution in [2.24, 2.45) is 0 Å². The molecule has 0 unspecified atom stereocenters. The zero-order chi connectivity index (χ0) is 13.3. The molecule has 2 rings (SSSR count). The molecule has 0 atom stereocenters. The van der Waals surface area contributed by atoms with Gasteiger partial charge < -0.3 is 4.42 Å². The van der Waals surface area contributed by atoms with Crippen LogP contribution in [0.1, 0.15) is 27.2 Å². The van der Waals surface area contributed by atoms with Crippen LogP contribution in [0.15, 0.2) is 41.0 Å². The molecule has 0 N–H and O–H groups in total.